The van der Waals surface area contributed by atoms with E-state index in [0.717, 1.165) is 25.2 Å². The molecule has 1 aromatic rings. The van der Waals surface area contributed by atoms with Gasteiger partial charge in [0.1, 0.15) is 0 Å². The number of benzene rings is 1. The molecule has 130 valence electrons. The number of hydrogen-bond donors (Lipinski definition) is 1. The van der Waals surface area contributed by atoms with Crippen LogP contribution in [0, 0.1) is 0 Å². The second kappa shape index (κ2) is 8.52. The number of carbonyl (C=O) groups excluding carboxylic acids is 1. The molecule has 1 N–H and O–H groups in total. The number of amides is 1. The van der Waals surface area contributed by atoms with Crippen molar-refractivity contribution >= 4 is 18.3 Å². The molecule has 0 saturated carbocycles. The Balaban J connectivity index is 0.00000264. The minimum atomic E-state index is -4.34. The van der Waals surface area contributed by atoms with Crippen LogP contribution in [0.3, 0.4) is 0 Å². The Morgan fingerprint density at radius 2 is 1.96 bits per heavy atom. The van der Waals surface area contributed by atoms with Crippen LogP contribution in [0.5, 0.6) is 0 Å². The standard InChI is InChI=1S/C15H20F3N3O.ClH/c1-20(11-14(22)21-7-5-19-6-8-21)10-12-3-2-4-13(9-12)15(16,17)18;/h2-4,9,19H,5-8,10-11H2,1H3;1H. The van der Waals surface area contributed by atoms with Crippen molar-refractivity contribution in [2.75, 3.05) is 39.8 Å². The molecule has 0 spiro atoms. The molecule has 0 radical (unpaired) electrons. The van der Waals surface area contributed by atoms with E-state index in [9.17, 15) is 18.0 Å². The second-order valence-electron chi connectivity index (χ2n) is 5.50. The van der Waals surface area contributed by atoms with Crippen molar-refractivity contribution in [1.82, 2.24) is 15.1 Å². The molecule has 8 heteroatoms. The summed E-state index contributed by atoms with van der Waals surface area (Å²) in [6.45, 7) is 3.43. The fourth-order valence-corrected chi connectivity index (χ4v) is 2.46. The molecule has 1 aliphatic rings. The Kier molecular flexibility index (Phi) is 7.31. The average molecular weight is 352 g/mol. The van der Waals surface area contributed by atoms with Gasteiger partial charge in [0, 0.05) is 32.7 Å². The third-order valence-corrected chi connectivity index (χ3v) is 3.58. The molecule has 1 saturated heterocycles. The number of nitrogens with zero attached hydrogens (tertiary/aromatic N) is 2. The van der Waals surface area contributed by atoms with Crippen molar-refractivity contribution in [2.45, 2.75) is 12.7 Å². The molecule has 2 rings (SSSR count). The van der Waals surface area contributed by atoms with E-state index < -0.39 is 11.7 Å². The third-order valence-electron chi connectivity index (χ3n) is 3.58. The van der Waals surface area contributed by atoms with Crippen LogP contribution >= 0.6 is 12.4 Å². The highest BCUT2D eigenvalue weighted by Gasteiger charge is 2.30. The largest absolute Gasteiger partial charge is 0.416 e. The van der Waals surface area contributed by atoms with Gasteiger partial charge in [0.2, 0.25) is 5.91 Å². The summed E-state index contributed by atoms with van der Waals surface area (Å²) in [7, 11) is 1.74. The van der Waals surface area contributed by atoms with Crippen LogP contribution in [-0.2, 0) is 17.5 Å². The molecule has 1 fully saturated rings. The van der Waals surface area contributed by atoms with Crippen LogP contribution in [0.2, 0.25) is 0 Å². The molecule has 0 aliphatic carbocycles. The Bertz CT molecular complexity index is 519. The Morgan fingerprint density at radius 1 is 1.30 bits per heavy atom. The predicted octanol–water partition coefficient (Wildman–Crippen LogP) is 1.99. The monoisotopic (exact) mass is 351 g/mol. The highest BCUT2D eigenvalue weighted by Crippen LogP contribution is 2.29. The predicted molar refractivity (Wildman–Crippen MR) is 84.5 cm³/mol. The first-order valence-electron chi connectivity index (χ1n) is 7.19. The zero-order valence-corrected chi connectivity index (χ0v) is 13.7. The van der Waals surface area contributed by atoms with Gasteiger partial charge in [-0.15, -0.1) is 12.4 Å². The van der Waals surface area contributed by atoms with Crippen molar-refractivity contribution in [3.63, 3.8) is 0 Å². The molecule has 1 heterocycles. The van der Waals surface area contributed by atoms with Crippen LogP contribution in [-0.4, -0.2) is 55.5 Å². The number of halogens is 4. The van der Waals surface area contributed by atoms with E-state index in [1.807, 2.05) is 0 Å². The lowest BCUT2D eigenvalue weighted by Crippen LogP contribution is -2.49. The number of alkyl halides is 3. The van der Waals surface area contributed by atoms with Gasteiger partial charge in [-0.05, 0) is 18.7 Å². The Morgan fingerprint density at radius 3 is 2.57 bits per heavy atom. The summed E-state index contributed by atoms with van der Waals surface area (Å²) < 4.78 is 38.0. The van der Waals surface area contributed by atoms with Gasteiger partial charge in [-0.3, -0.25) is 9.69 Å². The van der Waals surface area contributed by atoms with Crippen molar-refractivity contribution in [3.05, 3.63) is 35.4 Å². The first kappa shape index (κ1) is 19.7. The van der Waals surface area contributed by atoms with Gasteiger partial charge in [-0.2, -0.15) is 13.2 Å². The quantitative estimate of drug-likeness (QED) is 0.901. The minimum Gasteiger partial charge on any atom is -0.339 e. The lowest BCUT2D eigenvalue weighted by Gasteiger charge is -2.29. The lowest BCUT2D eigenvalue weighted by atomic mass is 10.1. The minimum absolute atomic E-state index is 0. The van der Waals surface area contributed by atoms with Gasteiger partial charge in [0.25, 0.3) is 0 Å². The molecule has 1 aliphatic heterocycles. The molecular weight excluding hydrogens is 331 g/mol. The number of hydrogen-bond acceptors (Lipinski definition) is 3. The average Bonchev–Trinajstić information content (AvgIpc) is 2.47. The van der Waals surface area contributed by atoms with E-state index in [-0.39, 0.29) is 24.9 Å². The Hall–Kier alpha value is -1.31. The van der Waals surface area contributed by atoms with E-state index in [1.54, 1.807) is 22.9 Å². The molecule has 1 aromatic carbocycles. The van der Waals surface area contributed by atoms with Crippen molar-refractivity contribution < 1.29 is 18.0 Å². The van der Waals surface area contributed by atoms with Gasteiger partial charge < -0.3 is 10.2 Å². The van der Waals surface area contributed by atoms with E-state index in [2.05, 4.69) is 5.32 Å². The molecular formula is C15H21ClF3N3O. The normalized spacial score (nSPS) is 15.4. The number of nitrogens with one attached hydrogen (secondary N) is 1. The van der Waals surface area contributed by atoms with Crippen molar-refractivity contribution in [1.29, 1.82) is 0 Å². The topological polar surface area (TPSA) is 35.6 Å². The van der Waals surface area contributed by atoms with Crippen LogP contribution < -0.4 is 5.32 Å². The molecule has 0 bridgehead atoms. The maximum absolute atomic E-state index is 12.7. The van der Waals surface area contributed by atoms with Gasteiger partial charge in [-0.25, -0.2) is 0 Å². The zero-order chi connectivity index (χ0) is 16.2. The highest BCUT2D eigenvalue weighted by molar-refractivity contribution is 5.85. The van der Waals surface area contributed by atoms with Crippen molar-refractivity contribution in [2.24, 2.45) is 0 Å². The maximum Gasteiger partial charge on any atom is 0.416 e. The highest BCUT2D eigenvalue weighted by atomic mass is 35.5. The number of likely N-dealkylation sites (N-methyl/N-ethyl adjacent to an activating group) is 1. The second-order valence-corrected chi connectivity index (χ2v) is 5.50. The fraction of sp³-hybridized carbons (Fsp3) is 0.533. The fourth-order valence-electron chi connectivity index (χ4n) is 2.46. The molecule has 23 heavy (non-hydrogen) atoms. The summed E-state index contributed by atoms with van der Waals surface area (Å²) in [5.41, 5.74) is -0.114. The summed E-state index contributed by atoms with van der Waals surface area (Å²) in [6.07, 6.45) is -4.34. The first-order chi connectivity index (χ1) is 10.4. The molecule has 0 unspecified atom stereocenters. The first-order valence-corrected chi connectivity index (χ1v) is 7.19. The smallest absolute Gasteiger partial charge is 0.339 e. The van der Waals surface area contributed by atoms with Gasteiger partial charge >= 0.3 is 6.18 Å². The summed E-state index contributed by atoms with van der Waals surface area (Å²) in [5.74, 6) is 0.0102. The summed E-state index contributed by atoms with van der Waals surface area (Å²) in [5, 5.41) is 3.17. The zero-order valence-electron chi connectivity index (χ0n) is 12.9. The summed E-state index contributed by atoms with van der Waals surface area (Å²) in [4.78, 5) is 15.6. The van der Waals surface area contributed by atoms with Gasteiger partial charge in [-0.1, -0.05) is 18.2 Å². The molecule has 0 atom stereocenters. The van der Waals surface area contributed by atoms with Crippen LogP contribution in [0.4, 0.5) is 13.2 Å². The van der Waals surface area contributed by atoms with E-state index >= 15 is 0 Å². The van der Waals surface area contributed by atoms with Crippen LogP contribution in [0.15, 0.2) is 24.3 Å². The van der Waals surface area contributed by atoms with Gasteiger partial charge in [0.05, 0.1) is 12.1 Å². The summed E-state index contributed by atoms with van der Waals surface area (Å²) in [6, 6.07) is 5.21. The molecule has 1 amide bonds. The molecule has 4 nitrogen and oxygen atoms in total. The van der Waals surface area contributed by atoms with E-state index in [0.29, 0.717) is 25.2 Å². The molecule has 0 aromatic heterocycles. The number of carbonyl (C=O) groups is 1. The van der Waals surface area contributed by atoms with E-state index in [1.165, 1.54) is 6.07 Å². The van der Waals surface area contributed by atoms with Crippen LogP contribution in [0.25, 0.3) is 0 Å². The van der Waals surface area contributed by atoms with Crippen molar-refractivity contribution in [3.8, 4) is 0 Å². The maximum atomic E-state index is 12.7. The number of piperazine rings is 1. The third kappa shape index (κ3) is 6.01. The van der Waals surface area contributed by atoms with E-state index in [4.69, 9.17) is 0 Å². The lowest BCUT2D eigenvalue weighted by molar-refractivity contribution is -0.137. The Labute approximate surface area is 140 Å². The summed E-state index contributed by atoms with van der Waals surface area (Å²) >= 11 is 0. The SMILES string of the molecule is CN(CC(=O)N1CCNCC1)Cc1cccc(C(F)(F)F)c1.Cl. The number of rotatable bonds is 4. The van der Waals surface area contributed by atoms with Crippen LogP contribution in [0.1, 0.15) is 11.1 Å². The van der Waals surface area contributed by atoms with Gasteiger partial charge in [0.15, 0.2) is 0 Å².